The largest absolute Gasteiger partial charge is 0.355 e. The van der Waals surface area contributed by atoms with Crippen molar-refractivity contribution < 1.29 is 4.79 Å². The number of carbonyl (C=O) groups excluding carboxylic acids is 1. The van der Waals surface area contributed by atoms with Gasteiger partial charge < -0.3 is 5.32 Å². The topological polar surface area (TPSA) is 54.9 Å². The van der Waals surface area contributed by atoms with Crippen molar-refractivity contribution in [2.45, 2.75) is 47.0 Å². The number of carbonyl (C=O) groups is 1. The molecule has 1 aliphatic heterocycles. The first-order chi connectivity index (χ1) is 9.15. The van der Waals surface area contributed by atoms with Gasteiger partial charge in [0.2, 0.25) is 5.91 Å². The van der Waals surface area contributed by atoms with Crippen LogP contribution in [0.1, 0.15) is 33.1 Å². The Hall–Kier alpha value is -0.270. The number of hydrogen-bond acceptors (Lipinski definition) is 6. The lowest BCUT2D eigenvalue weighted by Crippen LogP contribution is -2.30. The Morgan fingerprint density at radius 2 is 2.16 bits per heavy atom. The second-order valence-electron chi connectivity index (χ2n) is 4.93. The maximum absolute atomic E-state index is 11.9. The van der Waals surface area contributed by atoms with Crippen LogP contribution < -0.4 is 5.32 Å². The van der Waals surface area contributed by atoms with Crippen LogP contribution in [0.25, 0.3) is 0 Å². The zero-order chi connectivity index (χ0) is 13.7. The van der Waals surface area contributed by atoms with Crippen LogP contribution in [0, 0.1) is 5.92 Å². The molecule has 7 heteroatoms. The van der Waals surface area contributed by atoms with Gasteiger partial charge in [-0.3, -0.25) is 4.79 Å². The minimum Gasteiger partial charge on any atom is -0.355 e. The van der Waals surface area contributed by atoms with Crippen LogP contribution in [0.15, 0.2) is 8.68 Å². The summed E-state index contributed by atoms with van der Waals surface area (Å²) in [5, 5.41) is 11.3. The highest BCUT2D eigenvalue weighted by Crippen LogP contribution is 2.33. The molecule has 0 aliphatic carbocycles. The van der Waals surface area contributed by atoms with Gasteiger partial charge in [-0.25, -0.2) is 0 Å². The summed E-state index contributed by atoms with van der Waals surface area (Å²) in [6.07, 6.45) is 3.11. The molecule has 2 rings (SSSR count). The van der Waals surface area contributed by atoms with E-state index in [1.54, 1.807) is 34.9 Å². The number of nitrogens with one attached hydrogen (secondary N) is 1. The normalized spacial score (nSPS) is 20.4. The number of amides is 1. The highest BCUT2D eigenvalue weighted by Gasteiger charge is 2.23. The lowest BCUT2D eigenvalue weighted by atomic mass is 10.2. The molecule has 1 saturated heterocycles. The van der Waals surface area contributed by atoms with Crippen LogP contribution in [0.3, 0.4) is 0 Å². The van der Waals surface area contributed by atoms with E-state index in [1.165, 1.54) is 0 Å². The van der Waals surface area contributed by atoms with Crippen molar-refractivity contribution in [3.63, 3.8) is 0 Å². The van der Waals surface area contributed by atoms with Crippen molar-refractivity contribution in [3.05, 3.63) is 0 Å². The van der Waals surface area contributed by atoms with Gasteiger partial charge in [0, 0.05) is 12.3 Å². The highest BCUT2D eigenvalue weighted by atomic mass is 32.2. The predicted molar refractivity (Wildman–Crippen MR) is 82.0 cm³/mol. The van der Waals surface area contributed by atoms with Crippen molar-refractivity contribution in [1.82, 2.24) is 15.5 Å². The Morgan fingerprint density at radius 1 is 1.37 bits per heavy atom. The molecule has 0 radical (unpaired) electrons. The molecule has 0 bridgehead atoms. The molecular weight excluding hydrogens is 298 g/mol. The van der Waals surface area contributed by atoms with E-state index in [-0.39, 0.29) is 11.2 Å². The minimum atomic E-state index is -0.00148. The van der Waals surface area contributed by atoms with Crippen LogP contribution in [0.5, 0.6) is 0 Å². The van der Waals surface area contributed by atoms with Crippen LogP contribution >= 0.6 is 34.9 Å². The molecule has 2 heterocycles. The smallest absolute Gasteiger partial charge is 0.233 e. The first kappa shape index (κ1) is 15.1. The second kappa shape index (κ2) is 7.50. The summed E-state index contributed by atoms with van der Waals surface area (Å²) >= 11 is 4.91. The molecule has 19 heavy (non-hydrogen) atoms. The van der Waals surface area contributed by atoms with Crippen molar-refractivity contribution in [1.29, 1.82) is 0 Å². The molecule has 0 saturated carbocycles. The van der Waals surface area contributed by atoms with E-state index in [0.717, 1.165) is 40.2 Å². The molecule has 0 spiro atoms. The fraction of sp³-hybridized carbons (Fsp3) is 0.750. The van der Waals surface area contributed by atoms with E-state index < -0.39 is 0 Å². The number of aromatic nitrogens is 2. The zero-order valence-electron chi connectivity index (χ0n) is 11.2. The third-order valence-corrected chi connectivity index (χ3v) is 6.49. The van der Waals surface area contributed by atoms with Crippen LogP contribution in [-0.4, -0.2) is 33.7 Å². The van der Waals surface area contributed by atoms with Gasteiger partial charge in [-0.15, -0.1) is 10.2 Å². The molecule has 0 aromatic carbocycles. The molecule has 1 fully saturated rings. The van der Waals surface area contributed by atoms with Crippen LogP contribution in [0.4, 0.5) is 0 Å². The van der Waals surface area contributed by atoms with Crippen molar-refractivity contribution in [2.75, 3.05) is 12.3 Å². The maximum atomic E-state index is 11.9. The number of rotatable bonds is 5. The summed E-state index contributed by atoms with van der Waals surface area (Å²) in [7, 11) is 0. The summed E-state index contributed by atoms with van der Waals surface area (Å²) in [6.45, 7) is 5.20. The van der Waals surface area contributed by atoms with Gasteiger partial charge in [0.05, 0.1) is 5.25 Å². The average Bonchev–Trinajstić information content (AvgIpc) is 2.72. The Bertz CT molecular complexity index is 422. The van der Waals surface area contributed by atoms with E-state index in [4.69, 9.17) is 0 Å². The monoisotopic (exact) mass is 317 g/mol. The van der Waals surface area contributed by atoms with Gasteiger partial charge in [0.25, 0.3) is 0 Å². The van der Waals surface area contributed by atoms with Gasteiger partial charge >= 0.3 is 0 Å². The Balaban J connectivity index is 1.89. The van der Waals surface area contributed by atoms with E-state index in [2.05, 4.69) is 29.4 Å². The van der Waals surface area contributed by atoms with Crippen molar-refractivity contribution in [3.8, 4) is 0 Å². The third kappa shape index (κ3) is 4.96. The van der Waals surface area contributed by atoms with Crippen molar-refractivity contribution in [2.24, 2.45) is 5.92 Å². The van der Waals surface area contributed by atoms with Gasteiger partial charge in [-0.1, -0.05) is 55.1 Å². The minimum absolute atomic E-state index is 0.00148. The Labute approximate surface area is 126 Å². The Kier molecular flexibility index (Phi) is 5.97. The molecule has 0 unspecified atom stereocenters. The van der Waals surface area contributed by atoms with Crippen molar-refractivity contribution >= 4 is 40.8 Å². The van der Waals surface area contributed by atoms with Gasteiger partial charge in [0.15, 0.2) is 8.68 Å². The molecule has 1 atom stereocenters. The zero-order valence-corrected chi connectivity index (χ0v) is 13.7. The predicted octanol–water partition coefficient (Wildman–Crippen LogP) is 3.05. The standard InChI is InChI=1S/C12H19N3OS3/c1-8(2)7-17-11-14-15-12(19-11)18-9-5-3-4-6-13-10(9)16/h8-9H,3-7H2,1-2H3,(H,13,16)/t9-/m1/s1. The molecular formula is C12H19N3OS3. The van der Waals surface area contributed by atoms with E-state index in [9.17, 15) is 4.79 Å². The maximum Gasteiger partial charge on any atom is 0.233 e. The average molecular weight is 318 g/mol. The molecule has 106 valence electrons. The van der Waals surface area contributed by atoms with E-state index >= 15 is 0 Å². The fourth-order valence-electron chi connectivity index (χ4n) is 1.69. The number of hydrogen-bond donors (Lipinski definition) is 1. The third-order valence-electron chi connectivity index (χ3n) is 2.66. The first-order valence-corrected chi connectivity index (χ1v) is 9.24. The van der Waals surface area contributed by atoms with Crippen LogP contribution in [0.2, 0.25) is 0 Å². The SMILES string of the molecule is CC(C)CSc1nnc(S[C@@H]2CCCCNC2=O)s1. The lowest BCUT2D eigenvalue weighted by molar-refractivity contribution is -0.120. The molecule has 1 N–H and O–H groups in total. The summed E-state index contributed by atoms with van der Waals surface area (Å²) in [4.78, 5) is 11.9. The van der Waals surface area contributed by atoms with Crippen LogP contribution in [-0.2, 0) is 4.79 Å². The molecule has 4 nitrogen and oxygen atoms in total. The number of nitrogens with zero attached hydrogens (tertiary/aromatic N) is 2. The lowest BCUT2D eigenvalue weighted by Gasteiger charge is -2.09. The summed E-state index contributed by atoms with van der Waals surface area (Å²) < 4.78 is 1.92. The molecule has 1 aromatic rings. The van der Waals surface area contributed by atoms with E-state index in [1.807, 2.05) is 0 Å². The summed E-state index contributed by atoms with van der Waals surface area (Å²) in [6, 6.07) is 0. The van der Waals surface area contributed by atoms with Gasteiger partial charge in [-0.05, 0) is 18.8 Å². The summed E-state index contributed by atoms with van der Waals surface area (Å²) in [5.74, 6) is 1.86. The second-order valence-corrected chi connectivity index (χ2v) is 8.63. The molecule has 1 aliphatic rings. The number of thioether (sulfide) groups is 2. The molecule has 1 amide bonds. The highest BCUT2D eigenvalue weighted by molar-refractivity contribution is 8.03. The Morgan fingerprint density at radius 3 is 2.95 bits per heavy atom. The van der Waals surface area contributed by atoms with Gasteiger partial charge in [0.1, 0.15) is 0 Å². The first-order valence-electron chi connectivity index (χ1n) is 6.56. The fourth-order valence-corrected chi connectivity index (χ4v) is 4.99. The summed E-state index contributed by atoms with van der Waals surface area (Å²) in [5.41, 5.74) is 0. The van der Waals surface area contributed by atoms with Gasteiger partial charge in [-0.2, -0.15) is 0 Å². The van der Waals surface area contributed by atoms with E-state index in [0.29, 0.717) is 5.92 Å². The quantitative estimate of drug-likeness (QED) is 0.846. The molecule has 1 aromatic heterocycles.